The van der Waals surface area contributed by atoms with Gasteiger partial charge in [0, 0.05) is 0 Å². The zero-order valence-corrected chi connectivity index (χ0v) is 10.4. The number of aliphatic hydroxyl groups excluding tert-OH is 1. The van der Waals surface area contributed by atoms with Gasteiger partial charge in [-0.1, -0.05) is 20.8 Å². The second-order valence-corrected chi connectivity index (χ2v) is 6.66. The monoisotopic (exact) mass is 212 g/mol. The van der Waals surface area contributed by atoms with E-state index in [0.717, 1.165) is 25.7 Å². The molecule has 2 rings (SSSR count). The van der Waals surface area contributed by atoms with E-state index in [1.807, 2.05) is 6.92 Å². The maximum absolute atomic E-state index is 10.5. The van der Waals surface area contributed by atoms with Crippen LogP contribution in [-0.4, -0.2) is 21.9 Å². The summed E-state index contributed by atoms with van der Waals surface area (Å²) < 4.78 is 0. The third kappa shape index (κ3) is 1.31. The molecule has 0 saturated heterocycles. The molecule has 0 heterocycles. The Labute approximate surface area is 92.7 Å². The van der Waals surface area contributed by atoms with Gasteiger partial charge in [0.15, 0.2) is 0 Å². The summed E-state index contributed by atoms with van der Waals surface area (Å²) in [6.07, 6.45) is 3.51. The summed E-state index contributed by atoms with van der Waals surface area (Å²) in [4.78, 5) is 0. The van der Waals surface area contributed by atoms with E-state index in [9.17, 15) is 10.2 Å². The molecule has 4 atom stereocenters. The Hall–Kier alpha value is -0.0800. The lowest BCUT2D eigenvalue weighted by molar-refractivity contribution is -0.141. The average molecular weight is 212 g/mol. The van der Waals surface area contributed by atoms with Crippen LogP contribution in [0.1, 0.15) is 53.4 Å². The lowest BCUT2D eigenvalue weighted by atomic mass is 9.54. The molecule has 0 amide bonds. The van der Waals surface area contributed by atoms with Crippen molar-refractivity contribution in [2.75, 3.05) is 0 Å². The summed E-state index contributed by atoms with van der Waals surface area (Å²) in [6, 6.07) is 0. The first-order chi connectivity index (χ1) is 6.72. The fourth-order valence-corrected chi connectivity index (χ4v) is 4.08. The largest absolute Gasteiger partial charge is 0.393 e. The summed E-state index contributed by atoms with van der Waals surface area (Å²) in [5, 5.41) is 20.6. The van der Waals surface area contributed by atoms with Crippen LogP contribution in [0.5, 0.6) is 0 Å². The van der Waals surface area contributed by atoms with Crippen LogP contribution in [0.4, 0.5) is 0 Å². The van der Waals surface area contributed by atoms with Crippen molar-refractivity contribution in [3.63, 3.8) is 0 Å². The Bertz CT molecular complexity index is 270. The van der Waals surface area contributed by atoms with Crippen molar-refractivity contribution < 1.29 is 10.2 Å². The maximum atomic E-state index is 10.5. The third-order valence-corrected chi connectivity index (χ3v) is 5.61. The van der Waals surface area contributed by atoms with Gasteiger partial charge in [-0.3, -0.25) is 0 Å². The molecule has 15 heavy (non-hydrogen) atoms. The molecular formula is C13H24O2. The molecule has 2 N–H and O–H groups in total. The summed E-state index contributed by atoms with van der Waals surface area (Å²) >= 11 is 0. The Morgan fingerprint density at radius 1 is 1.00 bits per heavy atom. The van der Waals surface area contributed by atoms with E-state index in [4.69, 9.17) is 0 Å². The smallest absolute Gasteiger partial charge is 0.0676 e. The minimum Gasteiger partial charge on any atom is -0.393 e. The van der Waals surface area contributed by atoms with Gasteiger partial charge >= 0.3 is 0 Å². The van der Waals surface area contributed by atoms with Crippen LogP contribution in [0.25, 0.3) is 0 Å². The standard InChI is InChI=1S/C13H24O2/c1-11(2)9-5-8-13(4,15)12(9,3)7-6-10(11)14/h9-10,14-15H,5-8H2,1-4H3/t9-,10-,12?,13?/m1/s1. The Morgan fingerprint density at radius 2 is 1.60 bits per heavy atom. The van der Waals surface area contributed by atoms with Gasteiger partial charge in [-0.2, -0.15) is 0 Å². The molecule has 0 aliphatic heterocycles. The highest BCUT2D eigenvalue weighted by Gasteiger charge is 2.61. The van der Waals surface area contributed by atoms with E-state index in [1.54, 1.807) is 0 Å². The highest BCUT2D eigenvalue weighted by molar-refractivity contribution is 5.11. The minimum atomic E-state index is -0.547. The molecule has 0 aromatic heterocycles. The normalized spacial score (nSPS) is 54.0. The van der Waals surface area contributed by atoms with Crippen molar-refractivity contribution in [3.05, 3.63) is 0 Å². The van der Waals surface area contributed by atoms with Crippen LogP contribution in [0.15, 0.2) is 0 Å². The van der Waals surface area contributed by atoms with Gasteiger partial charge in [0.25, 0.3) is 0 Å². The van der Waals surface area contributed by atoms with E-state index in [1.165, 1.54) is 0 Å². The van der Waals surface area contributed by atoms with Gasteiger partial charge in [-0.25, -0.2) is 0 Å². The van der Waals surface area contributed by atoms with Gasteiger partial charge < -0.3 is 10.2 Å². The zero-order chi connectivity index (χ0) is 11.5. The van der Waals surface area contributed by atoms with Crippen LogP contribution >= 0.6 is 0 Å². The van der Waals surface area contributed by atoms with Crippen molar-refractivity contribution in [2.45, 2.75) is 65.1 Å². The Balaban J connectivity index is 2.38. The molecule has 0 aromatic carbocycles. The summed E-state index contributed by atoms with van der Waals surface area (Å²) in [6.45, 7) is 8.49. The molecule has 0 bridgehead atoms. The molecule has 2 saturated carbocycles. The number of hydrogen-bond acceptors (Lipinski definition) is 2. The highest BCUT2D eigenvalue weighted by Crippen LogP contribution is 2.62. The third-order valence-electron chi connectivity index (χ3n) is 5.61. The van der Waals surface area contributed by atoms with Crippen molar-refractivity contribution in [1.29, 1.82) is 0 Å². The Kier molecular flexibility index (Phi) is 2.27. The Morgan fingerprint density at radius 3 is 2.20 bits per heavy atom. The second kappa shape index (κ2) is 2.98. The quantitative estimate of drug-likeness (QED) is 0.647. The summed E-state index contributed by atoms with van der Waals surface area (Å²) in [5.74, 6) is 0.448. The fourth-order valence-electron chi connectivity index (χ4n) is 4.08. The van der Waals surface area contributed by atoms with E-state index in [2.05, 4.69) is 20.8 Å². The molecule has 2 fully saturated rings. The molecule has 2 heteroatoms. The lowest BCUT2D eigenvalue weighted by Crippen LogP contribution is -2.53. The van der Waals surface area contributed by atoms with Gasteiger partial charge in [-0.05, 0) is 49.4 Å². The van der Waals surface area contributed by atoms with E-state index < -0.39 is 5.60 Å². The predicted octanol–water partition coefficient (Wildman–Crippen LogP) is 2.33. The van der Waals surface area contributed by atoms with E-state index in [-0.39, 0.29) is 16.9 Å². The van der Waals surface area contributed by atoms with Crippen LogP contribution in [0.3, 0.4) is 0 Å². The lowest BCUT2D eigenvalue weighted by Gasteiger charge is -2.53. The molecule has 2 nitrogen and oxygen atoms in total. The topological polar surface area (TPSA) is 40.5 Å². The first-order valence-electron chi connectivity index (χ1n) is 6.12. The van der Waals surface area contributed by atoms with Crippen LogP contribution in [0.2, 0.25) is 0 Å². The van der Waals surface area contributed by atoms with Crippen LogP contribution in [0, 0.1) is 16.7 Å². The first kappa shape index (κ1) is 11.4. The number of hydrogen-bond donors (Lipinski definition) is 2. The predicted molar refractivity (Wildman–Crippen MR) is 60.5 cm³/mol. The zero-order valence-electron chi connectivity index (χ0n) is 10.4. The minimum absolute atomic E-state index is 0.00424. The van der Waals surface area contributed by atoms with Gasteiger partial charge in [0.2, 0.25) is 0 Å². The van der Waals surface area contributed by atoms with Crippen molar-refractivity contribution in [3.8, 4) is 0 Å². The van der Waals surface area contributed by atoms with Gasteiger partial charge in [-0.15, -0.1) is 0 Å². The number of aliphatic hydroxyl groups is 2. The van der Waals surface area contributed by atoms with Crippen molar-refractivity contribution in [1.82, 2.24) is 0 Å². The van der Waals surface area contributed by atoms with Crippen molar-refractivity contribution in [2.24, 2.45) is 16.7 Å². The SMILES string of the molecule is CC1(C)[C@H](O)CCC2(C)[C@@H]1CCC2(C)O. The molecule has 0 aromatic rings. The average Bonchev–Trinajstić information content (AvgIpc) is 2.34. The fraction of sp³-hybridized carbons (Fsp3) is 1.00. The second-order valence-electron chi connectivity index (χ2n) is 6.66. The molecule has 0 radical (unpaired) electrons. The van der Waals surface area contributed by atoms with Crippen LogP contribution < -0.4 is 0 Å². The van der Waals surface area contributed by atoms with Crippen LogP contribution in [-0.2, 0) is 0 Å². The maximum Gasteiger partial charge on any atom is 0.0676 e. The van der Waals surface area contributed by atoms with Gasteiger partial charge in [0.1, 0.15) is 0 Å². The molecule has 88 valence electrons. The van der Waals surface area contributed by atoms with Crippen molar-refractivity contribution >= 4 is 0 Å². The molecule has 0 spiro atoms. The summed E-state index contributed by atoms with van der Waals surface area (Å²) in [7, 11) is 0. The van der Waals surface area contributed by atoms with E-state index >= 15 is 0 Å². The van der Waals surface area contributed by atoms with Gasteiger partial charge in [0.05, 0.1) is 11.7 Å². The number of fused-ring (bicyclic) bond motifs is 1. The first-order valence-corrected chi connectivity index (χ1v) is 6.12. The molecule has 2 aliphatic carbocycles. The molecule has 2 aliphatic rings. The molecule has 2 unspecified atom stereocenters. The summed E-state index contributed by atoms with van der Waals surface area (Å²) in [5.41, 5.74) is -0.599. The molecular weight excluding hydrogens is 188 g/mol. The number of rotatable bonds is 0. The highest BCUT2D eigenvalue weighted by atomic mass is 16.3. The van der Waals surface area contributed by atoms with E-state index in [0.29, 0.717) is 5.92 Å².